The predicted octanol–water partition coefficient (Wildman–Crippen LogP) is 2.35. The topological polar surface area (TPSA) is 47.3 Å². The summed E-state index contributed by atoms with van der Waals surface area (Å²) in [6.07, 6.45) is 3.46. The third kappa shape index (κ3) is 1.97. The van der Waals surface area contributed by atoms with Crippen molar-refractivity contribution in [1.29, 1.82) is 0 Å². The standard InChI is InChI=1S/C10H9BrN2O2/c1-15-10-3-2-8(14)4-9(10)13-6-7(11)5-12-13/h2-6,14H,1H3. The molecule has 1 aromatic carbocycles. The van der Waals surface area contributed by atoms with Crippen LogP contribution in [0.15, 0.2) is 35.1 Å². The summed E-state index contributed by atoms with van der Waals surface area (Å²) in [6, 6.07) is 4.86. The van der Waals surface area contributed by atoms with Gasteiger partial charge in [-0.05, 0) is 28.1 Å². The van der Waals surface area contributed by atoms with Crippen LogP contribution in [0.4, 0.5) is 0 Å². The van der Waals surface area contributed by atoms with Gasteiger partial charge in [0.25, 0.3) is 0 Å². The van der Waals surface area contributed by atoms with Crippen LogP contribution in [0.25, 0.3) is 5.69 Å². The van der Waals surface area contributed by atoms with Crippen LogP contribution in [0, 0.1) is 0 Å². The average molecular weight is 269 g/mol. The van der Waals surface area contributed by atoms with Crippen LogP contribution in [0.3, 0.4) is 0 Å². The number of methoxy groups -OCH3 is 1. The summed E-state index contributed by atoms with van der Waals surface area (Å²) in [4.78, 5) is 0. The van der Waals surface area contributed by atoms with E-state index >= 15 is 0 Å². The Bertz CT molecular complexity index is 482. The second kappa shape index (κ2) is 3.94. The van der Waals surface area contributed by atoms with Crippen molar-refractivity contribution >= 4 is 15.9 Å². The first-order valence-corrected chi connectivity index (χ1v) is 5.07. The van der Waals surface area contributed by atoms with Crippen molar-refractivity contribution in [2.75, 3.05) is 7.11 Å². The van der Waals surface area contributed by atoms with Crippen LogP contribution < -0.4 is 4.74 Å². The maximum Gasteiger partial charge on any atom is 0.144 e. The molecular weight excluding hydrogens is 260 g/mol. The molecule has 0 spiro atoms. The zero-order valence-corrected chi connectivity index (χ0v) is 9.60. The van der Waals surface area contributed by atoms with Gasteiger partial charge < -0.3 is 9.84 Å². The molecule has 2 aromatic rings. The molecule has 1 N–H and O–H groups in total. The molecule has 0 aliphatic rings. The molecule has 0 atom stereocenters. The molecule has 4 nitrogen and oxygen atoms in total. The number of aromatic hydroxyl groups is 1. The van der Waals surface area contributed by atoms with Crippen molar-refractivity contribution in [3.05, 3.63) is 35.1 Å². The summed E-state index contributed by atoms with van der Waals surface area (Å²) in [6.45, 7) is 0. The Balaban J connectivity index is 2.55. The molecule has 78 valence electrons. The molecule has 0 radical (unpaired) electrons. The lowest BCUT2D eigenvalue weighted by molar-refractivity contribution is 0.409. The Morgan fingerprint density at radius 2 is 2.27 bits per heavy atom. The van der Waals surface area contributed by atoms with Gasteiger partial charge in [0.2, 0.25) is 0 Å². The number of rotatable bonds is 2. The van der Waals surface area contributed by atoms with Crippen molar-refractivity contribution in [2.24, 2.45) is 0 Å². The summed E-state index contributed by atoms with van der Waals surface area (Å²) >= 11 is 3.31. The third-order valence-corrected chi connectivity index (χ3v) is 2.37. The maximum absolute atomic E-state index is 9.39. The highest BCUT2D eigenvalue weighted by Crippen LogP contribution is 2.27. The van der Waals surface area contributed by atoms with E-state index in [1.165, 1.54) is 0 Å². The van der Waals surface area contributed by atoms with Gasteiger partial charge in [-0.25, -0.2) is 4.68 Å². The van der Waals surface area contributed by atoms with Gasteiger partial charge >= 0.3 is 0 Å². The zero-order valence-electron chi connectivity index (χ0n) is 8.01. The fraction of sp³-hybridized carbons (Fsp3) is 0.100. The van der Waals surface area contributed by atoms with Crippen molar-refractivity contribution in [2.45, 2.75) is 0 Å². The Morgan fingerprint density at radius 3 is 2.87 bits per heavy atom. The van der Waals surface area contributed by atoms with Crippen molar-refractivity contribution in [3.63, 3.8) is 0 Å². The van der Waals surface area contributed by atoms with Gasteiger partial charge in [0.15, 0.2) is 0 Å². The Hall–Kier alpha value is -1.49. The summed E-state index contributed by atoms with van der Waals surface area (Å²) in [5, 5.41) is 13.5. The van der Waals surface area contributed by atoms with Gasteiger partial charge in [-0.2, -0.15) is 5.10 Å². The lowest BCUT2D eigenvalue weighted by Crippen LogP contribution is -1.97. The van der Waals surface area contributed by atoms with Crippen molar-refractivity contribution in [1.82, 2.24) is 9.78 Å². The normalized spacial score (nSPS) is 10.3. The number of hydrogen-bond acceptors (Lipinski definition) is 3. The van der Waals surface area contributed by atoms with Gasteiger partial charge in [-0.3, -0.25) is 0 Å². The van der Waals surface area contributed by atoms with Crippen LogP contribution in [0.1, 0.15) is 0 Å². The van der Waals surface area contributed by atoms with Crippen molar-refractivity contribution < 1.29 is 9.84 Å². The van der Waals surface area contributed by atoms with E-state index in [0.29, 0.717) is 11.4 Å². The van der Waals surface area contributed by atoms with Crippen molar-refractivity contribution in [3.8, 4) is 17.2 Å². The van der Waals surface area contributed by atoms with E-state index in [9.17, 15) is 5.11 Å². The monoisotopic (exact) mass is 268 g/mol. The molecule has 0 aliphatic carbocycles. The molecule has 2 rings (SSSR count). The first-order chi connectivity index (χ1) is 7.20. The highest BCUT2D eigenvalue weighted by atomic mass is 79.9. The first kappa shape index (κ1) is 10.0. The van der Waals surface area contributed by atoms with Crippen LogP contribution in [0.5, 0.6) is 11.5 Å². The SMILES string of the molecule is COc1ccc(O)cc1-n1cc(Br)cn1. The minimum atomic E-state index is 0.178. The number of phenolic OH excluding ortho intramolecular Hbond substituents is 1. The first-order valence-electron chi connectivity index (χ1n) is 4.28. The van der Waals surface area contributed by atoms with E-state index < -0.39 is 0 Å². The van der Waals surface area contributed by atoms with E-state index in [-0.39, 0.29) is 5.75 Å². The Labute approximate surface area is 95.2 Å². The molecule has 0 saturated heterocycles. The molecule has 0 bridgehead atoms. The van der Waals surface area contributed by atoms with Gasteiger partial charge in [-0.1, -0.05) is 0 Å². The number of nitrogens with zero attached hydrogens (tertiary/aromatic N) is 2. The predicted molar refractivity (Wildman–Crippen MR) is 59.5 cm³/mol. The fourth-order valence-corrected chi connectivity index (χ4v) is 1.58. The minimum absolute atomic E-state index is 0.178. The number of halogens is 1. The highest BCUT2D eigenvalue weighted by molar-refractivity contribution is 9.10. The summed E-state index contributed by atoms with van der Waals surface area (Å²) in [5.74, 6) is 0.834. The van der Waals surface area contributed by atoms with Gasteiger partial charge in [0.1, 0.15) is 17.2 Å². The smallest absolute Gasteiger partial charge is 0.144 e. The lowest BCUT2D eigenvalue weighted by atomic mass is 10.3. The second-order valence-electron chi connectivity index (χ2n) is 2.96. The van der Waals surface area contributed by atoms with Crippen LogP contribution in [0.2, 0.25) is 0 Å². The van der Waals surface area contributed by atoms with Gasteiger partial charge in [0, 0.05) is 12.3 Å². The number of hydrogen-bond donors (Lipinski definition) is 1. The molecule has 1 heterocycles. The second-order valence-corrected chi connectivity index (χ2v) is 3.87. The van der Waals surface area contributed by atoms with Crippen LogP contribution in [-0.4, -0.2) is 22.0 Å². The molecular formula is C10H9BrN2O2. The summed E-state index contributed by atoms with van der Waals surface area (Å²) in [5.41, 5.74) is 0.697. The summed E-state index contributed by atoms with van der Waals surface area (Å²) in [7, 11) is 1.58. The average Bonchev–Trinajstić information content (AvgIpc) is 2.65. The van der Waals surface area contributed by atoms with E-state index in [0.717, 1.165) is 4.47 Å². The van der Waals surface area contributed by atoms with E-state index in [4.69, 9.17) is 4.74 Å². The van der Waals surface area contributed by atoms with Gasteiger partial charge in [0.05, 0.1) is 17.8 Å². The third-order valence-electron chi connectivity index (χ3n) is 1.96. The Kier molecular flexibility index (Phi) is 2.64. The lowest BCUT2D eigenvalue weighted by Gasteiger charge is -2.08. The molecule has 0 saturated carbocycles. The molecule has 0 fully saturated rings. The van der Waals surface area contributed by atoms with E-state index in [1.54, 1.807) is 42.4 Å². The molecule has 5 heteroatoms. The molecule has 0 unspecified atom stereocenters. The largest absolute Gasteiger partial charge is 0.508 e. The molecule has 1 aromatic heterocycles. The number of aromatic nitrogens is 2. The zero-order chi connectivity index (χ0) is 10.8. The summed E-state index contributed by atoms with van der Waals surface area (Å²) < 4.78 is 7.67. The molecule has 15 heavy (non-hydrogen) atoms. The fourth-order valence-electron chi connectivity index (χ4n) is 1.29. The molecule has 0 amide bonds. The van der Waals surface area contributed by atoms with Gasteiger partial charge in [-0.15, -0.1) is 0 Å². The number of phenols is 1. The number of ether oxygens (including phenoxy) is 1. The van der Waals surface area contributed by atoms with E-state index in [2.05, 4.69) is 21.0 Å². The maximum atomic E-state index is 9.39. The van der Waals surface area contributed by atoms with Crippen LogP contribution in [-0.2, 0) is 0 Å². The molecule has 0 aliphatic heterocycles. The minimum Gasteiger partial charge on any atom is -0.508 e. The van der Waals surface area contributed by atoms with Crippen LogP contribution >= 0.6 is 15.9 Å². The van der Waals surface area contributed by atoms with E-state index in [1.807, 2.05) is 0 Å². The number of benzene rings is 1. The highest BCUT2D eigenvalue weighted by Gasteiger charge is 2.07. The Morgan fingerprint density at radius 1 is 1.47 bits per heavy atom. The quantitative estimate of drug-likeness (QED) is 0.910.